The molecule has 1 aromatic rings. The number of nitrogens with one attached hydrogen (secondary N) is 1. The van der Waals surface area contributed by atoms with Crippen LogP contribution in [0.2, 0.25) is 0 Å². The number of carboxylic acid groups (broad SMARTS) is 1. The highest BCUT2D eigenvalue weighted by Gasteiger charge is 2.23. The number of benzene rings is 1. The molecule has 0 saturated carbocycles. The minimum Gasteiger partial charge on any atom is -0.480 e. The maximum Gasteiger partial charge on any atom is 0.326 e. The third kappa shape index (κ3) is 4.56. The van der Waals surface area contributed by atoms with E-state index in [-0.39, 0.29) is 11.3 Å². The minimum atomic E-state index is -1.49. The van der Waals surface area contributed by atoms with E-state index in [0.717, 1.165) is 6.07 Å². The summed E-state index contributed by atoms with van der Waals surface area (Å²) in [4.78, 5) is 43.6. The lowest BCUT2D eigenvalue weighted by atomic mass is 10.1. The number of rotatable bonds is 6. The second-order valence-electron chi connectivity index (χ2n) is 4.35. The number of non-ortho nitro benzene ring substituents is 1. The monoisotopic (exact) mass is 295 g/mol. The Bertz CT molecular complexity index is 613. The molecule has 1 atom stereocenters. The molecule has 0 bridgehead atoms. The molecule has 0 radical (unpaired) electrons. The number of amides is 2. The lowest BCUT2D eigenvalue weighted by molar-refractivity contribution is -0.384. The quantitative estimate of drug-likeness (QED) is 0.494. The minimum absolute atomic E-state index is 0.0718. The molecular weight excluding hydrogens is 282 g/mol. The second kappa shape index (κ2) is 6.46. The Kier molecular flexibility index (Phi) is 4.95. The van der Waals surface area contributed by atoms with Crippen LogP contribution in [0.1, 0.15) is 22.3 Å². The summed E-state index contributed by atoms with van der Waals surface area (Å²) in [5.74, 6) is -3.15. The van der Waals surface area contributed by atoms with Crippen molar-refractivity contribution in [3.63, 3.8) is 0 Å². The lowest BCUT2D eigenvalue weighted by Crippen LogP contribution is -2.43. The smallest absolute Gasteiger partial charge is 0.326 e. The van der Waals surface area contributed by atoms with Crippen LogP contribution in [0.15, 0.2) is 18.2 Å². The number of nitro benzene ring substituents is 1. The Balaban J connectivity index is 2.99. The van der Waals surface area contributed by atoms with Crippen molar-refractivity contribution in [2.45, 2.75) is 19.4 Å². The third-order valence-corrected chi connectivity index (χ3v) is 2.54. The van der Waals surface area contributed by atoms with Gasteiger partial charge >= 0.3 is 5.97 Å². The van der Waals surface area contributed by atoms with Crippen LogP contribution in [-0.2, 0) is 9.59 Å². The van der Waals surface area contributed by atoms with E-state index in [1.807, 2.05) is 0 Å². The number of carboxylic acids is 1. The standard InChI is InChI=1S/C12H13N3O6/c1-6-2-7(4-8(3-6)15(20)21)11(17)14-9(12(18)19)5-10(13)16/h2-4,9H,5H2,1H3,(H2,13,16)(H,14,17)(H,18,19). The molecule has 0 aliphatic rings. The fraction of sp³-hybridized carbons (Fsp3) is 0.250. The number of carbonyl (C=O) groups is 3. The van der Waals surface area contributed by atoms with Gasteiger partial charge in [-0.05, 0) is 18.6 Å². The number of nitrogens with zero attached hydrogens (tertiary/aromatic N) is 1. The van der Waals surface area contributed by atoms with Crippen molar-refractivity contribution in [1.82, 2.24) is 5.32 Å². The van der Waals surface area contributed by atoms with Crippen molar-refractivity contribution in [2.75, 3.05) is 0 Å². The van der Waals surface area contributed by atoms with E-state index in [0.29, 0.717) is 5.56 Å². The first-order chi connectivity index (χ1) is 9.70. The van der Waals surface area contributed by atoms with E-state index in [1.54, 1.807) is 6.92 Å². The topological polar surface area (TPSA) is 153 Å². The number of hydrogen-bond donors (Lipinski definition) is 3. The fourth-order valence-corrected chi connectivity index (χ4v) is 1.64. The average molecular weight is 295 g/mol. The molecule has 0 aliphatic carbocycles. The van der Waals surface area contributed by atoms with Crippen molar-refractivity contribution in [1.29, 1.82) is 0 Å². The van der Waals surface area contributed by atoms with Gasteiger partial charge in [0.15, 0.2) is 0 Å². The first-order valence-corrected chi connectivity index (χ1v) is 5.78. The van der Waals surface area contributed by atoms with Crippen LogP contribution in [0.3, 0.4) is 0 Å². The molecule has 112 valence electrons. The molecule has 4 N–H and O–H groups in total. The number of hydrogen-bond acceptors (Lipinski definition) is 5. The van der Waals surface area contributed by atoms with E-state index in [1.165, 1.54) is 12.1 Å². The highest BCUT2D eigenvalue weighted by Crippen LogP contribution is 2.16. The van der Waals surface area contributed by atoms with E-state index in [9.17, 15) is 24.5 Å². The molecule has 9 nitrogen and oxygen atoms in total. The normalized spacial score (nSPS) is 11.5. The zero-order valence-corrected chi connectivity index (χ0v) is 11.0. The Hall–Kier alpha value is -2.97. The Morgan fingerprint density at radius 2 is 2.00 bits per heavy atom. The number of nitrogens with two attached hydrogens (primary N) is 1. The zero-order valence-electron chi connectivity index (χ0n) is 11.0. The van der Waals surface area contributed by atoms with Crippen LogP contribution in [0.4, 0.5) is 5.69 Å². The van der Waals surface area contributed by atoms with Gasteiger partial charge in [-0.3, -0.25) is 19.7 Å². The Labute approximate surface area is 118 Å². The zero-order chi connectivity index (χ0) is 16.2. The van der Waals surface area contributed by atoms with E-state index < -0.39 is 35.2 Å². The van der Waals surface area contributed by atoms with Crippen molar-refractivity contribution in [3.8, 4) is 0 Å². The first-order valence-electron chi connectivity index (χ1n) is 5.78. The largest absolute Gasteiger partial charge is 0.480 e. The van der Waals surface area contributed by atoms with Gasteiger partial charge in [0.05, 0.1) is 11.3 Å². The molecule has 1 aromatic carbocycles. The van der Waals surface area contributed by atoms with Crippen LogP contribution in [0.25, 0.3) is 0 Å². The van der Waals surface area contributed by atoms with E-state index in [4.69, 9.17) is 10.8 Å². The first kappa shape index (κ1) is 16.1. The second-order valence-corrected chi connectivity index (χ2v) is 4.35. The molecule has 2 amide bonds. The predicted molar refractivity (Wildman–Crippen MR) is 70.5 cm³/mol. The molecule has 21 heavy (non-hydrogen) atoms. The van der Waals surface area contributed by atoms with Gasteiger partial charge in [0.1, 0.15) is 6.04 Å². The summed E-state index contributed by atoms with van der Waals surface area (Å²) >= 11 is 0. The summed E-state index contributed by atoms with van der Waals surface area (Å²) < 4.78 is 0. The van der Waals surface area contributed by atoms with E-state index >= 15 is 0 Å². The van der Waals surface area contributed by atoms with E-state index in [2.05, 4.69) is 5.32 Å². The summed E-state index contributed by atoms with van der Waals surface area (Å²) in [7, 11) is 0. The number of nitro groups is 1. The molecule has 0 saturated heterocycles. The van der Waals surface area contributed by atoms with Gasteiger partial charge < -0.3 is 16.2 Å². The van der Waals surface area contributed by atoms with Gasteiger partial charge in [-0.15, -0.1) is 0 Å². The summed E-state index contributed by atoms with van der Waals surface area (Å²) in [6.45, 7) is 1.56. The highest BCUT2D eigenvalue weighted by molar-refractivity contribution is 5.98. The Morgan fingerprint density at radius 1 is 1.38 bits per heavy atom. The van der Waals surface area contributed by atoms with Crippen LogP contribution < -0.4 is 11.1 Å². The maximum absolute atomic E-state index is 11.9. The van der Waals surface area contributed by atoms with Gasteiger partial charge in [-0.1, -0.05) is 0 Å². The summed E-state index contributed by atoms with van der Waals surface area (Å²) in [5.41, 5.74) is 5.00. The summed E-state index contributed by atoms with van der Waals surface area (Å²) in [6, 6.07) is 2.17. The third-order valence-electron chi connectivity index (χ3n) is 2.54. The molecule has 1 rings (SSSR count). The molecule has 0 fully saturated rings. The highest BCUT2D eigenvalue weighted by atomic mass is 16.6. The average Bonchev–Trinajstić information content (AvgIpc) is 2.36. The summed E-state index contributed by atoms with van der Waals surface area (Å²) in [6.07, 6.45) is -0.574. The van der Waals surface area contributed by atoms with Gasteiger partial charge in [0, 0.05) is 17.7 Å². The van der Waals surface area contributed by atoms with Crippen molar-refractivity contribution < 1.29 is 24.4 Å². The van der Waals surface area contributed by atoms with Crippen LogP contribution in [-0.4, -0.2) is 33.9 Å². The molecule has 0 aromatic heterocycles. The van der Waals surface area contributed by atoms with Crippen molar-refractivity contribution >= 4 is 23.5 Å². The molecule has 1 unspecified atom stereocenters. The lowest BCUT2D eigenvalue weighted by Gasteiger charge is -2.13. The number of aryl methyl sites for hydroxylation is 1. The van der Waals surface area contributed by atoms with Crippen LogP contribution in [0, 0.1) is 17.0 Å². The predicted octanol–water partition coefficient (Wildman–Crippen LogP) is -0.0384. The maximum atomic E-state index is 11.9. The SMILES string of the molecule is Cc1cc(C(=O)NC(CC(N)=O)C(=O)O)cc([N+](=O)[O-])c1. The molecule has 0 aliphatic heterocycles. The number of primary amides is 1. The molecule has 0 spiro atoms. The van der Waals surface area contributed by atoms with Crippen LogP contribution in [0.5, 0.6) is 0 Å². The molecule has 0 heterocycles. The summed E-state index contributed by atoms with van der Waals surface area (Å²) in [5, 5.41) is 21.7. The van der Waals surface area contributed by atoms with Crippen molar-refractivity contribution in [3.05, 3.63) is 39.4 Å². The Morgan fingerprint density at radius 3 is 2.48 bits per heavy atom. The van der Waals surface area contributed by atoms with Crippen LogP contribution >= 0.6 is 0 Å². The van der Waals surface area contributed by atoms with Crippen molar-refractivity contribution in [2.24, 2.45) is 5.73 Å². The van der Waals surface area contributed by atoms with Gasteiger partial charge in [0.25, 0.3) is 11.6 Å². The van der Waals surface area contributed by atoms with Gasteiger partial charge in [-0.2, -0.15) is 0 Å². The van der Waals surface area contributed by atoms with Gasteiger partial charge in [-0.25, -0.2) is 4.79 Å². The number of carbonyl (C=O) groups excluding carboxylic acids is 2. The van der Waals surface area contributed by atoms with Gasteiger partial charge in [0.2, 0.25) is 5.91 Å². The fourth-order valence-electron chi connectivity index (χ4n) is 1.64. The molecular formula is C12H13N3O6. The number of aliphatic carboxylic acids is 1. The molecule has 9 heteroatoms.